The van der Waals surface area contributed by atoms with Crippen LogP contribution in [0.4, 0.5) is 11.4 Å². The lowest BCUT2D eigenvalue weighted by Gasteiger charge is -2.16. The van der Waals surface area contributed by atoms with Crippen LogP contribution in [0.3, 0.4) is 0 Å². The zero-order valence-corrected chi connectivity index (χ0v) is 12.3. The van der Waals surface area contributed by atoms with Crippen molar-refractivity contribution < 1.29 is 9.47 Å². The van der Waals surface area contributed by atoms with Crippen LogP contribution < -0.4 is 20.5 Å². The van der Waals surface area contributed by atoms with E-state index in [9.17, 15) is 0 Å². The third-order valence-corrected chi connectivity index (χ3v) is 3.55. The maximum atomic E-state index is 5.98. The third kappa shape index (κ3) is 3.91. The fraction of sp³-hybridized carbons (Fsp3) is 0.538. The number of nitrogens with two attached hydrogens (primary N) is 1. The van der Waals surface area contributed by atoms with E-state index in [0.29, 0.717) is 23.1 Å². The van der Waals surface area contributed by atoms with Gasteiger partial charge in [-0.2, -0.15) is 11.8 Å². The Bertz CT molecular complexity index is 385. The van der Waals surface area contributed by atoms with Crippen molar-refractivity contribution in [2.24, 2.45) is 5.92 Å². The van der Waals surface area contributed by atoms with Crippen molar-refractivity contribution in [1.29, 1.82) is 0 Å². The lowest BCUT2D eigenvalue weighted by atomic mass is 10.2. The summed E-state index contributed by atoms with van der Waals surface area (Å²) in [7, 11) is 3.22. The van der Waals surface area contributed by atoms with Gasteiger partial charge in [0.25, 0.3) is 0 Å². The molecule has 1 atom stereocenters. The highest BCUT2D eigenvalue weighted by molar-refractivity contribution is 7.98. The topological polar surface area (TPSA) is 56.5 Å². The second-order valence-corrected chi connectivity index (χ2v) is 5.15. The van der Waals surface area contributed by atoms with E-state index in [1.807, 2.05) is 17.8 Å². The highest BCUT2D eigenvalue weighted by Gasteiger charge is 2.09. The van der Waals surface area contributed by atoms with Crippen molar-refractivity contribution in [3.63, 3.8) is 0 Å². The van der Waals surface area contributed by atoms with E-state index in [4.69, 9.17) is 15.2 Å². The van der Waals surface area contributed by atoms with E-state index in [-0.39, 0.29) is 0 Å². The molecule has 0 fully saturated rings. The summed E-state index contributed by atoms with van der Waals surface area (Å²) in [5, 5.41) is 3.35. The maximum absolute atomic E-state index is 5.98. The molecule has 0 amide bonds. The highest BCUT2D eigenvalue weighted by Crippen LogP contribution is 2.34. The lowest BCUT2D eigenvalue weighted by molar-refractivity contribution is 0.355. The summed E-state index contributed by atoms with van der Waals surface area (Å²) in [6, 6.07) is 3.65. The van der Waals surface area contributed by atoms with Crippen molar-refractivity contribution in [2.45, 2.75) is 6.92 Å². The van der Waals surface area contributed by atoms with Crippen LogP contribution in [0.25, 0.3) is 0 Å². The molecular formula is C13H22N2O2S. The number of benzene rings is 1. The molecule has 4 nitrogen and oxygen atoms in total. The van der Waals surface area contributed by atoms with Gasteiger partial charge in [-0.05, 0) is 17.9 Å². The minimum Gasteiger partial charge on any atom is -0.493 e. The van der Waals surface area contributed by atoms with Gasteiger partial charge in [-0.15, -0.1) is 0 Å². The number of nitrogens with one attached hydrogen (secondary N) is 1. The highest BCUT2D eigenvalue weighted by atomic mass is 32.2. The Morgan fingerprint density at radius 2 is 1.89 bits per heavy atom. The molecule has 0 aliphatic carbocycles. The number of rotatable bonds is 7. The first-order valence-corrected chi connectivity index (χ1v) is 7.26. The van der Waals surface area contributed by atoms with Crippen molar-refractivity contribution in [2.75, 3.05) is 43.8 Å². The number of hydrogen-bond donors (Lipinski definition) is 2. The van der Waals surface area contributed by atoms with E-state index in [1.165, 1.54) is 0 Å². The Labute approximate surface area is 113 Å². The molecule has 0 heterocycles. The van der Waals surface area contributed by atoms with E-state index in [0.717, 1.165) is 18.0 Å². The Morgan fingerprint density at radius 3 is 2.44 bits per heavy atom. The fourth-order valence-electron chi connectivity index (χ4n) is 1.68. The number of thioether (sulfide) groups is 1. The van der Waals surface area contributed by atoms with Crippen LogP contribution in [-0.2, 0) is 0 Å². The average molecular weight is 270 g/mol. The summed E-state index contributed by atoms with van der Waals surface area (Å²) in [6.45, 7) is 3.10. The third-order valence-electron chi connectivity index (χ3n) is 2.65. The molecule has 0 radical (unpaired) electrons. The molecule has 1 unspecified atom stereocenters. The van der Waals surface area contributed by atoms with Gasteiger partial charge in [0.2, 0.25) is 0 Å². The molecule has 5 heteroatoms. The van der Waals surface area contributed by atoms with Gasteiger partial charge in [0, 0.05) is 18.7 Å². The van der Waals surface area contributed by atoms with Gasteiger partial charge < -0.3 is 20.5 Å². The predicted molar refractivity (Wildman–Crippen MR) is 80.0 cm³/mol. The molecule has 0 saturated heterocycles. The summed E-state index contributed by atoms with van der Waals surface area (Å²) in [5.41, 5.74) is 7.54. The molecule has 0 saturated carbocycles. The molecule has 102 valence electrons. The van der Waals surface area contributed by atoms with E-state index in [1.54, 1.807) is 20.3 Å². The molecule has 3 N–H and O–H groups in total. The SMILES string of the molecule is COc1cc(N)c(NCC(C)CSC)cc1OC. The molecule has 1 rings (SSSR count). The van der Waals surface area contributed by atoms with Crippen LogP contribution in [0.1, 0.15) is 6.92 Å². The Balaban J connectivity index is 2.76. The standard InChI is InChI=1S/C13H22N2O2S/c1-9(8-18-4)7-15-11-6-13(17-3)12(16-2)5-10(11)14/h5-6,9,15H,7-8,14H2,1-4H3. The first-order chi connectivity index (χ1) is 8.62. The smallest absolute Gasteiger partial charge is 0.162 e. The number of anilines is 2. The molecule has 0 bridgehead atoms. The zero-order chi connectivity index (χ0) is 13.5. The van der Waals surface area contributed by atoms with E-state index < -0.39 is 0 Å². The first-order valence-electron chi connectivity index (χ1n) is 5.86. The molecule has 0 aliphatic rings. The molecule has 1 aromatic rings. The van der Waals surface area contributed by atoms with E-state index in [2.05, 4.69) is 18.5 Å². The van der Waals surface area contributed by atoms with Gasteiger partial charge >= 0.3 is 0 Å². The van der Waals surface area contributed by atoms with Crippen LogP contribution >= 0.6 is 11.8 Å². The Hall–Kier alpha value is -1.23. The lowest BCUT2D eigenvalue weighted by Crippen LogP contribution is -2.14. The van der Waals surface area contributed by atoms with Crippen molar-refractivity contribution in [3.05, 3.63) is 12.1 Å². The second-order valence-electron chi connectivity index (χ2n) is 4.24. The summed E-state index contributed by atoms with van der Waals surface area (Å²) in [4.78, 5) is 0. The molecule has 0 aliphatic heterocycles. The summed E-state index contributed by atoms with van der Waals surface area (Å²) < 4.78 is 10.5. The normalized spacial score (nSPS) is 12.0. The molecule has 0 aromatic heterocycles. The Kier molecular flexibility index (Phi) is 5.98. The number of hydrogen-bond acceptors (Lipinski definition) is 5. The zero-order valence-electron chi connectivity index (χ0n) is 11.4. The second kappa shape index (κ2) is 7.26. The summed E-state index contributed by atoms with van der Waals surface area (Å²) in [6.07, 6.45) is 2.11. The van der Waals surface area contributed by atoms with Gasteiger partial charge in [0.05, 0.1) is 25.6 Å². The van der Waals surface area contributed by atoms with Crippen LogP contribution in [0.2, 0.25) is 0 Å². The average Bonchev–Trinajstić information content (AvgIpc) is 2.37. The van der Waals surface area contributed by atoms with Gasteiger partial charge in [0.1, 0.15) is 0 Å². The van der Waals surface area contributed by atoms with Crippen molar-refractivity contribution in [3.8, 4) is 11.5 Å². The largest absolute Gasteiger partial charge is 0.493 e. The van der Waals surface area contributed by atoms with Gasteiger partial charge in [-0.25, -0.2) is 0 Å². The molecule has 0 spiro atoms. The quantitative estimate of drug-likeness (QED) is 0.746. The van der Waals surface area contributed by atoms with Crippen LogP contribution in [0.15, 0.2) is 12.1 Å². The number of nitrogen functional groups attached to an aromatic ring is 1. The van der Waals surface area contributed by atoms with Crippen molar-refractivity contribution >= 4 is 23.1 Å². The minimum absolute atomic E-state index is 0.590. The minimum atomic E-state index is 0.590. The van der Waals surface area contributed by atoms with Gasteiger partial charge in [0.15, 0.2) is 11.5 Å². The van der Waals surface area contributed by atoms with Crippen LogP contribution in [-0.4, -0.2) is 32.8 Å². The first kappa shape index (κ1) is 14.8. The van der Waals surface area contributed by atoms with E-state index >= 15 is 0 Å². The molecule has 1 aromatic carbocycles. The fourth-order valence-corrected chi connectivity index (χ4v) is 2.36. The predicted octanol–water partition coefficient (Wildman–Crippen LogP) is 2.70. The van der Waals surface area contributed by atoms with Crippen LogP contribution in [0, 0.1) is 5.92 Å². The molecular weight excluding hydrogens is 248 g/mol. The number of ether oxygens (including phenoxy) is 2. The Morgan fingerprint density at radius 1 is 1.28 bits per heavy atom. The molecule has 18 heavy (non-hydrogen) atoms. The van der Waals surface area contributed by atoms with Gasteiger partial charge in [-0.3, -0.25) is 0 Å². The monoisotopic (exact) mass is 270 g/mol. The summed E-state index contributed by atoms with van der Waals surface area (Å²) >= 11 is 1.85. The maximum Gasteiger partial charge on any atom is 0.162 e. The van der Waals surface area contributed by atoms with Gasteiger partial charge in [-0.1, -0.05) is 6.92 Å². The van der Waals surface area contributed by atoms with Crippen molar-refractivity contribution in [1.82, 2.24) is 0 Å². The summed E-state index contributed by atoms with van der Waals surface area (Å²) in [5.74, 6) is 3.05. The van der Waals surface area contributed by atoms with Crippen LogP contribution in [0.5, 0.6) is 11.5 Å². The number of methoxy groups -OCH3 is 2.